The molecule has 1 atom stereocenters. The lowest BCUT2D eigenvalue weighted by Crippen LogP contribution is -2.55. The average Bonchev–Trinajstić information content (AvgIpc) is 3.07. The third-order valence-electron chi connectivity index (χ3n) is 5.71. The number of carbonyl (C=O) groups is 3. The van der Waals surface area contributed by atoms with E-state index in [1.54, 1.807) is 11.0 Å². The maximum atomic E-state index is 13.1. The lowest BCUT2D eigenvalue weighted by molar-refractivity contribution is -0.157. The number of alkyl halides is 2. The minimum atomic E-state index is -3.63. The molecule has 1 fully saturated rings. The number of carbonyl (C=O) groups excluding carboxylic acids is 3. The molecule has 1 aromatic carbocycles. The van der Waals surface area contributed by atoms with Crippen molar-refractivity contribution in [3.05, 3.63) is 34.9 Å². The van der Waals surface area contributed by atoms with E-state index in [-0.39, 0.29) is 37.1 Å². The number of hydrogen-bond acceptors (Lipinski definition) is 6. The molecule has 0 spiro atoms. The molecule has 0 aromatic heterocycles. The van der Waals surface area contributed by atoms with Crippen LogP contribution in [-0.4, -0.2) is 73.4 Å². The summed E-state index contributed by atoms with van der Waals surface area (Å²) in [4.78, 5) is 38.7. The number of nitrogens with zero attached hydrogens (tertiary/aromatic N) is 1. The van der Waals surface area contributed by atoms with Gasteiger partial charge in [0.25, 0.3) is 11.8 Å². The molecule has 0 bridgehead atoms. The first-order valence-electron chi connectivity index (χ1n) is 10.6. The zero-order valence-corrected chi connectivity index (χ0v) is 18.8. The van der Waals surface area contributed by atoms with Gasteiger partial charge in [0.05, 0.1) is 31.3 Å². The second-order valence-corrected chi connectivity index (χ2v) is 8.60. The Morgan fingerprint density at radius 3 is 2.64 bits per heavy atom. The van der Waals surface area contributed by atoms with Gasteiger partial charge in [-0.2, -0.15) is 8.78 Å². The normalized spacial score (nSPS) is 17.7. The number of hydrogen-bond donors (Lipinski definition) is 3. The number of amides is 3. The Morgan fingerprint density at radius 2 is 2.06 bits per heavy atom. The van der Waals surface area contributed by atoms with Gasteiger partial charge in [0.2, 0.25) is 5.91 Å². The number of ether oxygens (including phenoxy) is 2. The highest BCUT2D eigenvalue weighted by molar-refractivity contribution is 6.09. The number of halogens is 2. The van der Waals surface area contributed by atoms with Crippen molar-refractivity contribution in [1.82, 2.24) is 15.5 Å². The van der Waals surface area contributed by atoms with E-state index >= 15 is 0 Å². The number of nitrogens with one attached hydrogen (secondary N) is 3. The van der Waals surface area contributed by atoms with Gasteiger partial charge in [-0.3, -0.25) is 19.8 Å². The molecule has 33 heavy (non-hydrogen) atoms. The van der Waals surface area contributed by atoms with Crippen LogP contribution in [0.3, 0.4) is 0 Å². The fourth-order valence-electron chi connectivity index (χ4n) is 3.55. The summed E-state index contributed by atoms with van der Waals surface area (Å²) < 4.78 is 36.9. The Labute approximate surface area is 190 Å². The molecule has 11 heteroatoms. The van der Waals surface area contributed by atoms with Gasteiger partial charge in [-0.05, 0) is 25.5 Å². The van der Waals surface area contributed by atoms with Crippen LogP contribution in [0.5, 0.6) is 0 Å². The van der Waals surface area contributed by atoms with Crippen molar-refractivity contribution < 1.29 is 32.6 Å². The number of amidine groups is 1. The van der Waals surface area contributed by atoms with Gasteiger partial charge < -0.3 is 25.0 Å². The van der Waals surface area contributed by atoms with Crippen LogP contribution in [0.2, 0.25) is 0 Å². The Bertz CT molecular complexity index is 959. The third-order valence-corrected chi connectivity index (χ3v) is 5.71. The topological polar surface area (TPSA) is 121 Å². The lowest BCUT2D eigenvalue weighted by Gasteiger charge is -2.37. The van der Waals surface area contributed by atoms with Crippen LogP contribution in [0.25, 0.3) is 0 Å². The van der Waals surface area contributed by atoms with Crippen LogP contribution < -0.4 is 10.6 Å². The number of rotatable bonds is 9. The fraction of sp³-hybridized carbons (Fsp3) is 0.545. The largest absolute Gasteiger partial charge is 0.380 e. The minimum absolute atomic E-state index is 0.133. The Morgan fingerprint density at radius 1 is 1.36 bits per heavy atom. The van der Waals surface area contributed by atoms with Crippen molar-refractivity contribution in [2.45, 2.75) is 39.3 Å². The van der Waals surface area contributed by atoms with Gasteiger partial charge in [-0.1, -0.05) is 12.1 Å². The maximum Gasteiger partial charge on any atom is 0.322 e. The molecule has 2 aliphatic rings. The van der Waals surface area contributed by atoms with Crippen LogP contribution in [0.15, 0.2) is 18.2 Å². The molecule has 9 nitrogen and oxygen atoms in total. The van der Waals surface area contributed by atoms with Gasteiger partial charge in [0, 0.05) is 37.7 Å². The third kappa shape index (κ3) is 5.36. The second kappa shape index (κ2) is 9.52. The minimum Gasteiger partial charge on any atom is -0.380 e. The van der Waals surface area contributed by atoms with Crippen molar-refractivity contribution in [2.75, 3.05) is 33.0 Å². The summed E-state index contributed by atoms with van der Waals surface area (Å²) in [6.45, 7) is 5.89. The predicted octanol–water partition coefficient (Wildman–Crippen LogP) is 1.30. The van der Waals surface area contributed by atoms with Gasteiger partial charge in [-0.25, -0.2) is 0 Å². The molecule has 2 heterocycles. The highest BCUT2D eigenvalue weighted by Gasteiger charge is 2.42. The summed E-state index contributed by atoms with van der Waals surface area (Å²) in [6.07, 6.45) is 0. The monoisotopic (exact) mass is 466 g/mol. The molecule has 3 amide bonds. The molecule has 1 unspecified atom stereocenters. The van der Waals surface area contributed by atoms with E-state index in [0.717, 1.165) is 0 Å². The number of fused-ring (bicyclic) bond motifs is 1. The summed E-state index contributed by atoms with van der Waals surface area (Å²) in [6, 6.07) is 4.08. The van der Waals surface area contributed by atoms with Crippen LogP contribution >= 0.6 is 0 Å². The van der Waals surface area contributed by atoms with E-state index in [2.05, 4.69) is 5.32 Å². The molecule has 3 N–H and O–H groups in total. The van der Waals surface area contributed by atoms with Gasteiger partial charge in [0.1, 0.15) is 5.84 Å². The molecule has 1 aromatic rings. The van der Waals surface area contributed by atoms with Gasteiger partial charge in [0.15, 0.2) is 0 Å². The Kier molecular flexibility index (Phi) is 7.13. The molecule has 0 radical (unpaired) electrons. The summed E-state index contributed by atoms with van der Waals surface area (Å²) >= 11 is 0. The fourth-order valence-corrected chi connectivity index (χ4v) is 3.55. The van der Waals surface area contributed by atoms with Crippen LogP contribution in [0.4, 0.5) is 8.78 Å². The van der Waals surface area contributed by atoms with E-state index in [1.165, 1.54) is 12.1 Å². The van der Waals surface area contributed by atoms with E-state index in [4.69, 9.17) is 14.9 Å². The first-order chi connectivity index (χ1) is 15.5. The molecule has 2 aliphatic heterocycles. The van der Waals surface area contributed by atoms with Gasteiger partial charge in [-0.15, -0.1) is 0 Å². The second-order valence-electron chi connectivity index (χ2n) is 8.60. The molecular formula is C22H28F2N4O5. The van der Waals surface area contributed by atoms with Crippen molar-refractivity contribution in [1.29, 1.82) is 5.41 Å². The maximum absolute atomic E-state index is 13.1. The summed E-state index contributed by atoms with van der Waals surface area (Å²) in [7, 11) is 0. The van der Waals surface area contributed by atoms with Crippen molar-refractivity contribution in [3.63, 3.8) is 0 Å². The van der Waals surface area contributed by atoms with Crippen molar-refractivity contribution in [2.24, 2.45) is 5.41 Å². The van der Waals surface area contributed by atoms with E-state index in [0.29, 0.717) is 37.9 Å². The molecule has 0 aliphatic carbocycles. The molecule has 3 rings (SSSR count). The van der Waals surface area contributed by atoms with Crippen LogP contribution in [0, 0.1) is 10.8 Å². The lowest BCUT2D eigenvalue weighted by atomic mass is 9.87. The Hall–Kier alpha value is -2.92. The standard InChI is InChI=1S/C22H28F2N4O5/c1-4-32-10-15(8-26-19(30)21(2)11-33-12-21)28-9-14-6-5-13(7-16(14)18(28)29)17(25)27-20(31)22(3,23)24/h5-7,15H,4,8-12H2,1-3H3,(H,26,30)(H2,25,27,31). The summed E-state index contributed by atoms with van der Waals surface area (Å²) in [5.41, 5.74) is 0.551. The van der Waals surface area contributed by atoms with Crippen LogP contribution in [-0.2, 0) is 25.6 Å². The quantitative estimate of drug-likeness (QED) is 0.374. The highest BCUT2D eigenvalue weighted by atomic mass is 19.3. The van der Waals surface area contributed by atoms with Crippen molar-refractivity contribution >= 4 is 23.6 Å². The molecular weight excluding hydrogens is 438 g/mol. The summed E-state index contributed by atoms with van der Waals surface area (Å²) in [5.74, 6) is -6.24. The van der Waals surface area contributed by atoms with E-state index in [9.17, 15) is 23.2 Å². The molecule has 0 saturated carbocycles. The first kappa shape index (κ1) is 24.7. The Balaban J connectivity index is 1.71. The van der Waals surface area contributed by atoms with Gasteiger partial charge >= 0.3 is 5.92 Å². The summed E-state index contributed by atoms with van der Waals surface area (Å²) in [5, 5.41) is 12.7. The molecule has 1 saturated heterocycles. The smallest absolute Gasteiger partial charge is 0.322 e. The SMILES string of the molecule is CCOCC(CNC(=O)C1(C)COC1)N1Cc2ccc(C(=N)NC(=O)C(C)(F)F)cc2C1=O. The average molecular weight is 466 g/mol. The van der Waals surface area contributed by atoms with E-state index < -0.39 is 29.1 Å². The molecule has 180 valence electrons. The first-order valence-corrected chi connectivity index (χ1v) is 10.6. The predicted molar refractivity (Wildman–Crippen MR) is 114 cm³/mol. The zero-order valence-electron chi connectivity index (χ0n) is 18.8. The number of benzene rings is 1. The van der Waals surface area contributed by atoms with E-state index in [1.807, 2.05) is 19.2 Å². The zero-order chi connectivity index (χ0) is 24.4. The highest BCUT2D eigenvalue weighted by Crippen LogP contribution is 2.28. The van der Waals surface area contributed by atoms with Crippen molar-refractivity contribution in [3.8, 4) is 0 Å². The van der Waals surface area contributed by atoms with Crippen LogP contribution in [0.1, 0.15) is 42.3 Å².